The number of primary sulfonamides is 1. The van der Waals surface area contributed by atoms with E-state index in [-0.39, 0.29) is 24.6 Å². The Bertz CT molecular complexity index is 557. The molecular formula is C11H18N4O3S. The SMILES string of the molecule is CCc1nnc(C)cc1C(=O)NCCCS(N)(=O)=O. The number of aromatic nitrogens is 2. The molecule has 106 valence electrons. The molecule has 19 heavy (non-hydrogen) atoms. The molecule has 0 aliphatic carbocycles. The van der Waals surface area contributed by atoms with Gasteiger partial charge < -0.3 is 5.32 Å². The Labute approximate surface area is 112 Å². The lowest BCUT2D eigenvalue weighted by Crippen LogP contribution is -2.28. The first-order valence-corrected chi connectivity index (χ1v) is 7.67. The van der Waals surface area contributed by atoms with Gasteiger partial charge in [0.1, 0.15) is 0 Å². The van der Waals surface area contributed by atoms with Crippen molar-refractivity contribution in [2.45, 2.75) is 26.7 Å². The van der Waals surface area contributed by atoms with Crippen molar-refractivity contribution < 1.29 is 13.2 Å². The van der Waals surface area contributed by atoms with Gasteiger partial charge in [-0.2, -0.15) is 10.2 Å². The Morgan fingerprint density at radius 3 is 2.68 bits per heavy atom. The van der Waals surface area contributed by atoms with Crippen LogP contribution in [0.15, 0.2) is 6.07 Å². The molecule has 1 aromatic rings. The van der Waals surface area contributed by atoms with Crippen LogP contribution < -0.4 is 10.5 Å². The number of hydrogen-bond acceptors (Lipinski definition) is 5. The molecule has 0 fully saturated rings. The van der Waals surface area contributed by atoms with Crippen LogP contribution in [0, 0.1) is 6.92 Å². The summed E-state index contributed by atoms with van der Waals surface area (Å²) in [5, 5.41) is 15.4. The van der Waals surface area contributed by atoms with Crippen LogP contribution in [0.25, 0.3) is 0 Å². The molecule has 8 heteroatoms. The van der Waals surface area contributed by atoms with Crippen LogP contribution in [0.4, 0.5) is 0 Å². The lowest BCUT2D eigenvalue weighted by atomic mass is 10.1. The fraction of sp³-hybridized carbons (Fsp3) is 0.545. The number of rotatable bonds is 6. The molecule has 0 aliphatic rings. The Kier molecular flexibility index (Phi) is 5.37. The Balaban J connectivity index is 2.61. The standard InChI is InChI=1S/C11H18N4O3S/c1-3-10-9(7-8(2)14-15-10)11(16)13-5-4-6-19(12,17)18/h7H,3-6H2,1-2H3,(H,13,16)(H2,12,17,18). The summed E-state index contributed by atoms with van der Waals surface area (Å²) in [5.41, 5.74) is 1.76. The third-order valence-electron chi connectivity index (χ3n) is 2.46. The summed E-state index contributed by atoms with van der Waals surface area (Å²) < 4.78 is 21.5. The summed E-state index contributed by atoms with van der Waals surface area (Å²) in [7, 11) is -3.48. The fourth-order valence-electron chi connectivity index (χ4n) is 1.54. The van der Waals surface area contributed by atoms with Crippen molar-refractivity contribution in [1.82, 2.24) is 15.5 Å². The van der Waals surface area contributed by atoms with E-state index in [1.807, 2.05) is 6.92 Å². The molecule has 0 spiro atoms. The van der Waals surface area contributed by atoms with Crippen LogP contribution in [0.1, 0.15) is 35.1 Å². The van der Waals surface area contributed by atoms with Gasteiger partial charge in [0, 0.05) is 6.54 Å². The molecule has 1 heterocycles. The molecule has 0 saturated carbocycles. The van der Waals surface area contributed by atoms with E-state index in [1.54, 1.807) is 13.0 Å². The zero-order chi connectivity index (χ0) is 14.5. The molecule has 7 nitrogen and oxygen atoms in total. The minimum Gasteiger partial charge on any atom is -0.352 e. The number of nitrogens with two attached hydrogens (primary N) is 1. The fourth-order valence-corrected chi connectivity index (χ4v) is 2.09. The van der Waals surface area contributed by atoms with Crippen molar-refractivity contribution in [1.29, 1.82) is 0 Å². The van der Waals surface area contributed by atoms with E-state index in [0.29, 0.717) is 23.4 Å². The topological polar surface area (TPSA) is 115 Å². The molecular weight excluding hydrogens is 268 g/mol. The summed E-state index contributed by atoms with van der Waals surface area (Å²) in [5.74, 6) is -0.425. The van der Waals surface area contributed by atoms with Crippen LogP contribution in [0.2, 0.25) is 0 Å². The summed E-state index contributed by atoms with van der Waals surface area (Å²) in [6.45, 7) is 3.89. The average Bonchev–Trinajstić information content (AvgIpc) is 2.33. The number of carbonyl (C=O) groups excluding carboxylic acids is 1. The smallest absolute Gasteiger partial charge is 0.253 e. The molecule has 0 unspecified atom stereocenters. The third kappa shape index (κ3) is 5.31. The summed E-state index contributed by atoms with van der Waals surface area (Å²) in [6.07, 6.45) is 0.886. The maximum Gasteiger partial charge on any atom is 0.253 e. The third-order valence-corrected chi connectivity index (χ3v) is 3.32. The number of aryl methyl sites for hydroxylation is 2. The van der Waals surface area contributed by atoms with Crippen molar-refractivity contribution in [3.8, 4) is 0 Å². The van der Waals surface area contributed by atoms with E-state index in [4.69, 9.17) is 5.14 Å². The molecule has 0 atom stereocenters. The van der Waals surface area contributed by atoms with Crippen molar-refractivity contribution in [2.24, 2.45) is 5.14 Å². The second-order valence-electron chi connectivity index (χ2n) is 4.18. The molecule has 1 rings (SSSR count). The van der Waals surface area contributed by atoms with Gasteiger partial charge in [-0.05, 0) is 25.8 Å². The molecule has 0 saturated heterocycles. The second-order valence-corrected chi connectivity index (χ2v) is 5.91. The predicted molar refractivity (Wildman–Crippen MR) is 71.1 cm³/mol. The molecule has 0 radical (unpaired) electrons. The van der Waals surface area contributed by atoms with Crippen LogP contribution in [-0.2, 0) is 16.4 Å². The van der Waals surface area contributed by atoms with E-state index < -0.39 is 10.0 Å². The highest BCUT2D eigenvalue weighted by Gasteiger charge is 2.12. The van der Waals surface area contributed by atoms with Crippen molar-refractivity contribution in [3.05, 3.63) is 23.0 Å². The Morgan fingerprint density at radius 1 is 1.42 bits per heavy atom. The number of carbonyl (C=O) groups is 1. The maximum atomic E-state index is 11.9. The summed E-state index contributed by atoms with van der Waals surface area (Å²) >= 11 is 0. The summed E-state index contributed by atoms with van der Waals surface area (Å²) in [4.78, 5) is 11.9. The van der Waals surface area contributed by atoms with Gasteiger partial charge in [0.05, 0.1) is 22.7 Å². The molecule has 0 aromatic carbocycles. The highest BCUT2D eigenvalue weighted by Crippen LogP contribution is 2.07. The highest BCUT2D eigenvalue weighted by molar-refractivity contribution is 7.89. The maximum absolute atomic E-state index is 11.9. The Hall–Kier alpha value is -1.54. The molecule has 0 aliphatic heterocycles. The normalized spacial score (nSPS) is 11.3. The van der Waals surface area contributed by atoms with Crippen molar-refractivity contribution in [2.75, 3.05) is 12.3 Å². The molecule has 1 amide bonds. The number of amides is 1. The van der Waals surface area contributed by atoms with E-state index in [1.165, 1.54) is 0 Å². The molecule has 1 aromatic heterocycles. The van der Waals surface area contributed by atoms with Crippen LogP contribution in [0.3, 0.4) is 0 Å². The van der Waals surface area contributed by atoms with E-state index >= 15 is 0 Å². The van der Waals surface area contributed by atoms with Gasteiger partial charge in [-0.1, -0.05) is 6.92 Å². The minimum atomic E-state index is -3.48. The van der Waals surface area contributed by atoms with Crippen molar-refractivity contribution >= 4 is 15.9 Å². The van der Waals surface area contributed by atoms with Gasteiger partial charge in [-0.3, -0.25) is 4.79 Å². The zero-order valence-corrected chi connectivity index (χ0v) is 11.8. The Morgan fingerprint density at radius 2 is 2.11 bits per heavy atom. The lowest BCUT2D eigenvalue weighted by molar-refractivity contribution is 0.0952. The monoisotopic (exact) mass is 286 g/mol. The first-order chi connectivity index (χ1) is 8.83. The van der Waals surface area contributed by atoms with E-state index in [9.17, 15) is 13.2 Å². The van der Waals surface area contributed by atoms with Gasteiger partial charge in [0.2, 0.25) is 10.0 Å². The number of sulfonamides is 1. The quantitative estimate of drug-likeness (QED) is 0.700. The zero-order valence-electron chi connectivity index (χ0n) is 11.0. The predicted octanol–water partition coefficient (Wildman–Crippen LogP) is -0.244. The highest BCUT2D eigenvalue weighted by atomic mass is 32.2. The van der Waals surface area contributed by atoms with Crippen LogP contribution in [0.5, 0.6) is 0 Å². The average molecular weight is 286 g/mol. The summed E-state index contributed by atoms with van der Waals surface area (Å²) in [6, 6.07) is 1.67. The van der Waals surface area contributed by atoms with E-state index in [0.717, 1.165) is 0 Å². The first kappa shape index (κ1) is 15.5. The van der Waals surface area contributed by atoms with Crippen molar-refractivity contribution in [3.63, 3.8) is 0 Å². The number of nitrogens with zero attached hydrogens (tertiary/aromatic N) is 2. The minimum absolute atomic E-state index is 0.151. The molecule has 0 bridgehead atoms. The number of nitrogens with one attached hydrogen (secondary N) is 1. The lowest BCUT2D eigenvalue weighted by Gasteiger charge is -2.08. The van der Waals surface area contributed by atoms with Crippen LogP contribution in [-0.4, -0.2) is 36.8 Å². The second kappa shape index (κ2) is 6.58. The van der Waals surface area contributed by atoms with Crippen LogP contribution >= 0.6 is 0 Å². The molecule has 3 N–H and O–H groups in total. The van der Waals surface area contributed by atoms with E-state index in [2.05, 4.69) is 15.5 Å². The van der Waals surface area contributed by atoms with Gasteiger partial charge in [0.25, 0.3) is 5.91 Å². The largest absolute Gasteiger partial charge is 0.352 e. The van der Waals surface area contributed by atoms with Gasteiger partial charge >= 0.3 is 0 Å². The van der Waals surface area contributed by atoms with Gasteiger partial charge in [0.15, 0.2) is 0 Å². The van der Waals surface area contributed by atoms with Gasteiger partial charge in [-0.15, -0.1) is 0 Å². The number of hydrogen-bond donors (Lipinski definition) is 2. The first-order valence-electron chi connectivity index (χ1n) is 5.95. The van der Waals surface area contributed by atoms with Gasteiger partial charge in [-0.25, -0.2) is 13.6 Å².